The van der Waals surface area contributed by atoms with Gasteiger partial charge in [-0.2, -0.15) is 0 Å². The van der Waals surface area contributed by atoms with Crippen LogP contribution in [0.3, 0.4) is 0 Å². The van der Waals surface area contributed by atoms with Crippen molar-refractivity contribution in [3.05, 3.63) is 58.4 Å². The molecule has 0 saturated heterocycles. The Morgan fingerprint density at radius 3 is 2.76 bits per heavy atom. The Hall–Kier alpha value is -1.58. The van der Waals surface area contributed by atoms with Crippen LogP contribution in [-0.4, -0.2) is 11.5 Å². The average Bonchev–Trinajstić information content (AvgIpc) is 2.48. The predicted octanol–water partition coefficient (Wildman–Crippen LogP) is 4.12. The van der Waals surface area contributed by atoms with Crippen LogP contribution >= 0.6 is 11.6 Å². The molecule has 112 valence electrons. The first-order valence-electron chi connectivity index (χ1n) is 7.22. The van der Waals surface area contributed by atoms with Gasteiger partial charge in [-0.3, -0.25) is 4.98 Å². The molecule has 0 unspecified atom stereocenters. The summed E-state index contributed by atoms with van der Waals surface area (Å²) in [6.45, 7) is 6.46. The monoisotopic (exact) mass is 304 g/mol. The molecule has 3 nitrogen and oxygen atoms in total. The fourth-order valence-corrected chi connectivity index (χ4v) is 2.22. The number of pyridine rings is 1. The Morgan fingerprint density at radius 1 is 1.24 bits per heavy atom. The molecule has 0 atom stereocenters. The minimum atomic E-state index is 0.422. The van der Waals surface area contributed by atoms with Gasteiger partial charge in [0.1, 0.15) is 12.4 Å². The summed E-state index contributed by atoms with van der Waals surface area (Å²) in [5.41, 5.74) is 3.20. The van der Waals surface area contributed by atoms with E-state index in [-0.39, 0.29) is 0 Å². The van der Waals surface area contributed by atoms with Crippen LogP contribution in [0.1, 0.15) is 30.2 Å². The Morgan fingerprint density at radius 2 is 2.10 bits per heavy atom. The number of aryl methyl sites for hydroxylation is 1. The number of halogens is 1. The van der Waals surface area contributed by atoms with Crippen molar-refractivity contribution in [1.82, 2.24) is 10.3 Å². The molecule has 1 aromatic heterocycles. The molecule has 2 aromatic rings. The Kier molecular flexibility index (Phi) is 6.03. The van der Waals surface area contributed by atoms with Gasteiger partial charge in [0.25, 0.3) is 0 Å². The molecule has 0 spiro atoms. The molecular weight excluding hydrogens is 284 g/mol. The van der Waals surface area contributed by atoms with Gasteiger partial charge in [0, 0.05) is 12.7 Å². The molecule has 0 aliphatic heterocycles. The van der Waals surface area contributed by atoms with Gasteiger partial charge in [-0.1, -0.05) is 30.7 Å². The number of nitrogens with one attached hydrogen (secondary N) is 1. The highest BCUT2D eigenvalue weighted by atomic mass is 35.5. The number of hydrogen-bond acceptors (Lipinski definition) is 3. The van der Waals surface area contributed by atoms with Crippen molar-refractivity contribution in [3.63, 3.8) is 0 Å². The molecule has 4 heteroatoms. The van der Waals surface area contributed by atoms with Crippen molar-refractivity contribution in [2.45, 2.75) is 33.4 Å². The quantitative estimate of drug-likeness (QED) is 0.781. The van der Waals surface area contributed by atoms with Gasteiger partial charge in [-0.05, 0) is 49.2 Å². The number of nitrogens with zero attached hydrogens (tertiary/aromatic N) is 1. The highest BCUT2D eigenvalue weighted by Crippen LogP contribution is 2.25. The van der Waals surface area contributed by atoms with Crippen LogP contribution < -0.4 is 10.1 Å². The Balaban J connectivity index is 1.88. The number of hydrogen-bond donors (Lipinski definition) is 1. The molecule has 0 fully saturated rings. The average molecular weight is 305 g/mol. The SMILES string of the molecule is CCCNCc1ccc(COc2ccc(C)cc2Cl)nc1. The molecule has 0 aliphatic rings. The van der Waals surface area contributed by atoms with Gasteiger partial charge in [0.05, 0.1) is 10.7 Å². The first-order chi connectivity index (χ1) is 10.2. The summed E-state index contributed by atoms with van der Waals surface area (Å²) in [6, 6.07) is 9.83. The summed E-state index contributed by atoms with van der Waals surface area (Å²) in [5, 5.41) is 3.99. The molecule has 0 aliphatic carbocycles. The second-order valence-corrected chi connectivity index (χ2v) is 5.46. The van der Waals surface area contributed by atoms with Gasteiger partial charge < -0.3 is 10.1 Å². The summed E-state index contributed by atoms with van der Waals surface area (Å²) < 4.78 is 5.71. The maximum atomic E-state index is 6.14. The molecule has 0 radical (unpaired) electrons. The zero-order chi connectivity index (χ0) is 15.1. The van der Waals surface area contributed by atoms with Gasteiger partial charge in [-0.25, -0.2) is 0 Å². The maximum Gasteiger partial charge on any atom is 0.138 e. The molecule has 1 heterocycles. The zero-order valence-corrected chi connectivity index (χ0v) is 13.3. The largest absolute Gasteiger partial charge is 0.486 e. The lowest BCUT2D eigenvalue weighted by atomic mass is 10.2. The molecule has 1 aromatic carbocycles. The summed E-state index contributed by atoms with van der Waals surface area (Å²) >= 11 is 6.14. The first-order valence-corrected chi connectivity index (χ1v) is 7.60. The molecule has 2 rings (SSSR count). The Bertz CT molecular complexity index is 570. The van der Waals surface area contributed by atoms with Gasteiger partial charge in [-0.15, -0.1) is 0 Å². The van der Waals surface area contributed by atoms with E-state index in [0.717, 1.165) is 30.8 Å². The van der Waals surface area contributed by atoms with Crippen molar-refractivity contribution >= 4 is 11.6 Å². The normalized spacial score (nSPS) is 10.6. The maximum absolute atomic E-state index is 6.14. The molecule has 0 bridgehead atoms. The van der Waals surface area contributed by atoms with E-state index in [4.69, 9.17) is 16.3 Å². The number of rotatable bonds is 7. The minimum Gasteiger partial charge on any atom is -0.486 e. The molecule has 1 N–H and O–H groups in total. The third-order valence-electron chi connectivity index (χ3n) is 3.10. The van der Waals surface area contributed by atoms with Gasteiger partial charge in [0.15, 0.2) is 0 Å². The van der Waals surface area contributed by atoms with Gasteiger partial charge >= 0.3 is 0 Å². The zero-order valence-electron chi connectivity index (χ0n) is 12.5. The lowest BCUT2D eigenvalue weighted by Gasteiger charge is -2.09. The van der Waals surface area contributed by atoms with E-state index in [1.54, 1.807) is 0 Å². The van der Waals surface area contributed by atoms with E-state index in [1.807, 2.05) is 37.4 Å². The van der Waals surface area contributed by atoms with Crippen LogP contribution in [0.5, 0.6) is 5.75 Å². The summed E-state index contributed by atoms with van der Waals surface area (Å²) in [5.74, 6) is 0.692. The van der Waals surface area contributed by atoms with Crippen molar-refractivity contribution in [2.24, 2.45) is 0 Å². The fraction of sp³-hybridized carbons (Fsp3) is 0.353. The smallest absolute Gasteiger partial charge is 0.138 e. The van der Waals surface area contributed by atoms with E-state index in [0.29, 0.717) is 17.4 Å². The third kappa shape index (κ3) is 5.03. The van der Waals surface area contributed by atoms with Crippen molar-refractivity contribution < 1.29 is 4.74 Å². The van der Waals surface area contributed by atoms with Crippen molar-refractivity contribution in [1.29, 1.82) is 0 Å². The van der Waals surface area contributed by atoms with Crippen LogP contribution in [0.25, 0.3) is 0 Å². The topological polar surface area (TPSA) is 34.1 Å². The van der Waals surface area contributed by atoms with Gasteiger partial charge in [0.2, 0.25) is 0 Å². The van der Waals surface area contributed by atoms with Crippen molar-refractivity contribution in [3.8, 4) is 5.75 Å². The molecular formula is C17H21ClN2O. The molecule has 21 heavy (non-hydrogen) atoms. The predicted molar refractivity (Wildman–Crippen MR) is 86.8 cm³/mol. The minimum absolute atomic E-state index is 0.422. The lowest BCUT2D eigenvalue weighted by molar-refractivity contribution is 0.301. The third-order valence-corrected chi connectivity index (χ3v) is 3.40. The highest BCUT2D eigenvalue weighted by Gasteiger charge is 2.03. The van der Waals surface area contributed by atoms with Crippen molar-refractivity contribution in [2.75, 3.05) is 6.54 Å². The van der Waals surface area contributed by atoms with E-state index in [9.17, 15) is 0 Å². The van der Waals surface area contributed by atoms with Crippen LogP contribution in [0, 0.1) is 6.92 Å². The first kappa shape index (κ1) is 15.8. The summed E-state index contributed by atoms with van der Waals surface area (Å²) in [4.78, 5) is 4.41. The van der Waals surface area contributed by atoms with E-state index < -0.39 is 0 Å². The number of ether oxygens (including phenoxy) is 1. The van der Waals surface area contributed by atoms with Crippen LogP contribution in [0.15, 0.2) is 36.5 Å². The van der Waals surface area contributed by atoms with Crippen LogP contribution in [-0.2, 0) is 13.2 Å². The Labute approximate surface area is 131 Å². The second-order valence-electron chi connectivity index (χ2n) is 5.06. The van der Waals surface area contributed by atoms with E-state index in [1.165, 1.54) is 5.56 Å². The van der Waals surface area contributed by atoms with Crippen LogP contribution in [0.4, 0.5) is 0 Å². The lowest BCUT2D eigenvalue weighted by Crippen LogP contribution is -2.14. The van der Waals surface area contributed by atoms with E-state index in [2.05, 4.69) is 23.3 Å². The summed E-state index contributed by atoms with van der Waals surface area (Å²) in [6.07, 6.45) is 3.02. The number of aromatic nitrogens is 1. The molecule has 0 amide bonds. The standard InChI is InChI=1S/C17H21ClN2O/c1-3-8-19-10-14-5-6-15(20-11-14)12-21-17-7-4-13(2)9-16(17)18/h4-7,9,11,19H,3,8,10,12H2,1-2H3. The fourth-order valence-electron chi connectivity index (χ4n) is 1.93. The highest BCUT2D eigenvalue weighted by molar-refractivity contribution is 6.32. The second kappa shape index (κ2) is 8.01. The summed E-state index contributed by atoms with van der Waals surface area (Å²) in [7, 11) is 0. The van der Waals surface area contributed by atoms with Crippen LogP contribution in [0.2, 0.25) is 5.02 Å². The molecule has 0 saturated carbocycles. The van der Waals surface area contributed by atoms with E-state index >= 15 is 0 Å². The number of benzene rings is 1.